The van der Waals surface area contributed by atoms with E-state index < -0.39 is 28.0 Å². The Labute approximate surface area is 270 Å². The van der Waals surface area contributed by atoms with Crippen LogP contribution in [0, 0.1) is 5.92 Å². The summed E-state index contributed by atoms with van der Waals surface area (Å²) in [5, 5.41) is 11.7. The van der Waals surface area contributed by atoms with Gasteiger partial charge >= 0.3 is 0 Å². The van der Waals surface area contributed by atoms with Crippen molar-refractivity contribution in [1.82, 2.24) is 20.3 Å². The van der Waals surface area contributed by atoms with Gasteiger partial charge in [-0.1, -0.05) is 79.5 Å². The maximum atomic E-state index is 13.6. The Kier molecular flexibility index (Phi) is 13.1. The van der Waals surface area contributed by atoms with Crippen molar-refractivity contribution in [2.45, 2.75) is 56.5 Å². The monoisotopic (exact) mass is 668 g/mol. The zero-order chi connectivity index (χ0) is 30.3. The largest absolute Gasteiger partial charge is 0.354 e. The van der Waals surface area contributed by atoms with Crippen LogP contribution in [-0.2, 0) is 26.0 Å². The van der Waals surface area contributed by atoms with Crippen LogP contribution >= 0.6 is 35.6 Å². The lowest BCUT2D eigenvalue weighted by Gasteiger charge is -2.26. The molecule has 1 saturated heterocycles. The van der Waals surface area contributed by atoms with Gasteiger partial charge in [0.1, 0.15) is 12.1 Å². The second-order valence-electron chi connectivity index (χ2n) is 11.1. The Morgan fingerprint density at radius 1 is 0.977 bits per heavy atom. The highest BCUT2D eigenvalue weighted by Gasteiger charge is 2.40. The van der Waals surface area contributed by atoms with Crippen molar-refractivity contribution in [3.8, 4) is 0 Å². The van der Waals surface area contributed by atoms with E-state index in [4.69, 9.17) is 23.2 Å². The average Bonchev–Trinajstić information content (AvgIpc) is 3.45. The maximum Gasteiger partial charge on any atom is 0.243 e. The predicted molar refractivity (Wildman–Crippen MR) is 176 cm³/mol. The third-order valence-electron chi connectivity index (χ3n) is 7.22. The molecule has 0 aliphatic carbocycles. The Balaban J connectivity index is 0.00000506. The smallest absolute Gasteiger partial charge is 0.243 e. The Morgan fingerprint density at radius 2 is 1.67 bits per heavy atom. The molecule has 2 atom stereocenters. The fraction of sp³-hybridized carbons (Fsp3) is 0.419. The lowest BCUT2D eigenvalue weighted by molar-refractivity contribution is -0.130. The maximum absolute atomic E-state index is 13.6. The second-order valence-corrected chi connectivity index (χ2v) is 13.8. The number of rotatable bonds is 13. The molecular weight excluding hydrogens is 631 g/mol. The zero-order valence-electron chi connectivity index (χ0n) is 24.3. The number of carbonyl (C=O) groups is 2. The van der Waals surface area contributed by atoms with Crippen molar-refractivity contribution in [3.63, 3.8) is 0 Å². The van der Waals surface area contributed by atoms with E-state index in [1.165, 1.54) is 22.5 Å². The summed E-state index contributed by atoms with van der Waals surface area (Å²) in [4.78, 5) is 26.9. The van der Waals surface area contributed by atoms with Gasteiger partial charge in [-0.3, -0.25) is 9.59 Å². The number of fused-ring (bicyclic) bond motifs is 1. The molecular formula is C31H39Cl3N4O4S. The minimum absolute atomic E-state index is 0. The second kappa shape index (κ2) is 16.1. The SMILES string of the molecule is CC(C)CNCCCNC(=O)[C@@H](Cc1ccc2ccccc2c1)NC(=O)C1CCCN1S(=O)(=O)c1cc(Cl)cc(Cl)c1.Cl. The molecule has 2 amide bonds. The highest BCUT2D eigenvalue weighted by atomic mass is 35.5. The normalized spacial score (nSPS) is 16.2. The van der Waals surface area contributed by atoms with Crippen molar-refractivity contribution in [2.75, 3.05) is 26.2 Å². The summed E-state index contributed by atoms with van der Waals surface area (Å²) >= 11 is 12.1. The number of halogens is 3. The molecule has 3 N–H and O–H groups in total. The molecule has 1 fully saturated rings. The van der Waals surface area contributed by atoms with Gasteiger partial charge in [-0.05, 0) is 72.8 Å². The lowest BCUT2D eigenvalue weighted by Crippen LogP contribution is -2.54. The molecule has 1 aliphatic heterocycles. The van der Waals surface area contributed by atoms with Gasteiger partial charge in [0, 0.05) is 29.6 Å². The van der Waals surface area contributed by atoms with Crippen molar-refractivity contribution in [2.24, 2.45) is 5.92 Å². The van der Waals surface area contributed by atoms with Crippen molar-refractivity contribution < 1.29 is 18.0 Å². The Bertz CT molecular complexity index is 1500. The van der Waals surface area contributed by atoms with Gasteiger partial charge in [-0.25, -0.2) is 8.42 Å². The molecule has 234 valence electrons. The van der Waals surface area contributed by atoms with Crippen LogP contribution in [0.15, 0.2) is 65.6 Å². The highest BCUT2D eigenvalue weighted by Crippen LogP contribution is 2.30. The number of hydrogen-bond donors (Lipinski definition) is 3. The Morgan fingerprint density at radius 3 is 2.37 bits per heavy atom. The first-order chi connectivity index (χ1) is 20.0. The fourth-order valence-corrected chi connectivity index (χ4v) is 7.50. The molecule has 4 rings (SSSR count). The van der Waals surface area contributed by atoms with Gasteiger partial charge in [0.15, 0.2) is 0 Å². The van der Waals surface area contributed by atoms with E-state index >= 15 is 0 Å². The van der Waals surface area contributed by atoms with E-state index in [-0.39, 0.29) is 46.2 Å². The van der Waals surface area contributed by atoms with Gasteiger partial charge in [-0.15, -0.1) is 12.4 Å². The fourth-order valence-electron chi connectivity index (χ4n) is 5.12. The average molecular weight is 670 g/mol. The summed E-state index contributed by atoms with van der Waals surface area (Å²) in [5.74, 6) is -0.283. The van der Waals surface area contributed by atoms with E-state index in [0.717, 1.165) is 35.8 Å². The van der Waals surface area contributed by atoms with Crippen molar-refractivity contribution >= 4 is 68.2 Å². The van der Waals surface area contributed by atoms with Crippen LogP contribution in [0.5, 0.6) is 0 Å². The number of nitrogens with zero attached hydrogens (tertiary/aromatic N) is 1. The molecule has 0 aromatic heterocycles. The molecule has 43 heavy (non-hydrogen) atoms. The van der Waals surface area contributed by atoms with E-state index in [9.17, 15) is 18.0 Å². The number of hydrogen-bond acceptors (Lipinski definition) is 5. The quantitative estimate of drug-likeness (QED) is 0.217. The summed E-state index contributed by atoms with van der Waals surface area (Å²) in [6.45, 7) is 6.56. The molecule has 8 nitrogen and oxygen atoms in total. The molecule has 12 heteroatoms. The van der Waals surface area contributed by atoms with E-state index in [0.29, 0.717) is 25.3 Å². The number of sulfonamides is 1. The van der Waals surface area contributed by atoms with Crippen LogP contribution in [0.3, 0.4) is 0 Å². The summed E-state index contributed by atoms with van der Waals surface area (Å²) in [6.07, 6.45) is 1.85. The first-order valence-electron chi connectivity index (χ1n) is 14.3. The number of amides is 2. The number of carbonyl (C=O) groups excluding carboxylic acids is 2. The third-order valence-corrected chi connectivity index (χ3v) is 9.54. The van der Waals surface area contributed by atoms with E-state index in [1.54, 1.807) is 0 Å². The van der Waals surface area contributed by atoms with Crippen molar-refractivity contribution in [1.29, 1.82) is 0 Å². The minimum Gasteiger partial charge on any atom is -0.354 e. The first kappa shape index (κ1) is 35.1. The summed E-state index contributed by atoms with van der Waals surface area (Å²) in [5.41, 5.74) is 0.886. The van der Waals surface area contributed by atoms with Crippen LogP contribution in [0.2, 0.25) is 10.0 Å². The van der Waals surface area contributed by atoms with Crippen LogP contribution in [0.4, 0.5) is 0 Å². The minimum atomic E-state index is -4.05. The Hall–Kier alpha value is -2.40. The molecule has 0 radical (unpaired) electrons. The van der Waals surface area contributed by atoms with Gasteiger partial charge in [0.2, 0.25) is 21.8 Å². The highest BCUT2D eigenvalue weighted by molar-refractivity contribution is 7.89. The number of nitrogens with one attached hydrogen (secondary N) is 3. The topological polar surface area (TPSA) is 108 Å². The molecule has 1 aliphatic rings. The van der Waals surface area contributed by atoms with Crippen LogP contribution in [-0.4, -0.2) is 62.8 Å². The van der Waals surface area contributed by atoms with Gasteiger partial charge in [-0.2, -0.15) is 4.31 Å². The molecule has 0 spiro atoms. The first-order valence-corrected chi connectivity index (χ1v) is 16.5. The third kappa shape index (κ3) is 9.54. The molecule has 1 heterocycles. The molecule has 3 aromatic carbocycles. The van der Waals surface area contributed by atoms with Crippen LogP contribution in [0.25, 0.3) is 10.8 Å². The summed E-state index contributed by atoms with van der Waals surface area (Å²) in [6, 6.07) is 16.1. The van der Waals surface area contributed by atoms with E-state index in [2.05, 4.69) is 29.8 Å². The zero-order valence-corrected chi connectivity index (χ0v) is 27.5. The molecule has 1 unspecified atom stereocenters. The summed E-state index contributed by atoms with van der Waals surface area (Å²) < 4.78 is 28.2. The molecule has 0 bridgehead atoms. The van der Waals surface area contributed by atoms with Crippen LogP contribution in [0.1, 0.15) is 38.7 Å². The van der Waals surface area contributed by atoms with Crippen LogP contribution < -0.4 is 16.0 Å². The molecule has 0 saturated carbocycles. The van der Waals surface area contributed by atoms with Gasteiger partial charge in [0.25, 0.3) is 0 Å². The number of benzene rings is 3. The standard InChI is InChI=1S/C31H38Cl2N4O4S.ClH/c1-21(2)20-34-12-6-13-35-30(38)28(16-22-10-11-23-7-3-4-8-24(23)15-22)36-31(39)29-9-5-14-37(29)42(40,41)27-18-25(32)17-26(33)19-27;/h3-4,7-8,10-11,15,17-19,21,28-29,34H,5-6,9,12-14,16,20H2,1-2H3,(H,35,38)(H,36,39);1H/t28-,29?;/m1./s1. The summed E-state index contributed by atoms with van der Waals surface area (Å²) in [7, 11) is -4.05. The molecule has 3 aromatic rings. The van der Waals surface area contributed by atoms with Gasteiger partial charge in [0.05, 0.1) is 4.90 Å². The lowest BCUT2D eigenvalue weighted by atomic mass is 10.0. The predicted octanol–water partition coefficient (Wildman–Crippen LogP) is 5.20. The van der Waals surface area contributed by atoms with Crippen molar-refractivity contribution in [3.05, 3.63) is 76.3 Å². The van der Waals surface area contributed by atoms with E-state index in [1.807, 2.05) is 42.5 Å². The van der Waals surface area contributed by atoms with Gasteiger partial charge < -0.3 is 16.0 Å².